The Labute approximate surface area is 80.2 Å². The van der Waals surface area contributed by atoms with Crippen LogP contribution in [0.15, 0.2) is 24.3 Å². The van der Waals surface area contributed by atoms with Crippen molar-refractivity contribution < 1.29 is 18.3 Å². The van der Waals surface area contributed by atoms with Crippen LogP contribution in [0.3, 0.4) is 0 Å². The Morgan fingerprint density at radius 2 is 1.71 bits per heavy atom. The summed E-state index contributed by atoms with van der Waals surface area (Å²) in [7, 11) is 0. The number of aryl methyl sites for hydroxylation is 1. The van der Waals surface area contributed by atoms with Crippen LogP contribution in [0.25, 0.3) is 0 Å². The first kappa shape index (κ1) is 11.0. The monoisotopic (exact) mass is 204 g/mol. The molecule has 0 aliphatic heterocycles. The van der Waals surface area contributed by atoms with Gasteiger partial charge in [-0.3, -0.25) is 0 Å². The number of alkyl halides is 3. The van der Waals surface area contributed by atoms with Gasteiger partial charge in [-0.2, -0.15) is 13.2 Å². The van der Waals surface area contributed by atoms with Crippen molar-refractivity contribution in [3.63, 3.8) is 0 Å². The predicted molar refractivity (Wildman–Crippen MR) is 46.9 cm³/mol. The number of hydrogen-bond acceptors (Lipinski definition) is 1. The van der Waals surface area contributed by atoms with Crippen molar-refractivity contribution in [1.82, 2.24) is 0 Å². The summed E-state index contributed by atoms with van der Waals surface area (Å²) in [6.07, 6.45) is -7.19. The van der Waals surface area contributed by atoms with Gasteiger partial charge in [0.1, 0.15) is 0 Å². The molecule has 0 saturated heterocycles. The van der Waals surface area contributed by atoms with E-state index in [0.29, 0.717) is 5.56 Å². The minimum Gasteiger partial charge on any atom is -0.383 e. The number of halogens is 3. The molecule has 0 unspecified atom stereocenters. The zero-order valence-corrected chi connectivity index (χ0v) is 7.67. The molecule has 0 fully saturated rings. The Morgan fingerprint density at radius 3 is 2.14 bits per heavy atom. The Bertz CT molecular complexity index is 289. The van der Waals surface area contributed by atoms with Gasteiger partial charge in [-0.1, -0.05) is 29.8 Å². The van der Waals surface area contributed by atoms with Gasteiger partial charge in [-0.05, 0) is 12.5 Å². The van der Waals surface area contributed by atoms with E-state index in [1.807, 2.05) is 6.92 Å². The van der Waals surface area contributed by atoms with E-state index >= 15 is 0 Å². The summed E-state index contributed by atoms with van der Waals surface area (Å²) in [5, 5.41) is 8.78. The van der Waals surface area contributed by atoms with E-state index in [2.05, 4.69) is 0 Å². The first-order valence-corrected chi connectivity index (χ1v) is 4.20. The van der Waals surface area contributed by atoms with E-state index in [-0.39, 0.29) is 6.42 Å². The van der Waals surface area contributed by atoms with Crippen molar-refractivity contribution in [3.8, 4) is 0 Å². The van der Waals surface area contributed by atoms with E-state index in [1.165, 1.54) is 0 Å². The van der Waals surface area contributed by atoms with Crippen LogP contribution in [0.1, 0.15) is 11.1 Å². The minimum atomic E-state index is -4.54. The molecule has 0 heterocycles. The van der Waals surface area contributed by atoms with Crippen LogP contribution < -0.4 is 0 Å². The van der Waals surface area contributed by atoms with Crippen LogP contribution in [0.4, 0.5) is 13.2 Å². The number of hydrogen-bond donors (Lipinski definition) is 1. The van der Waals surface area contributed by atoms with Gasteiger partial charge in [0.05, 0.1) is 0 Å². The third-order valence-corrected chi connectivity index (χ3v) is 1.93. The SMILES string of the molecule is Cc1ccc(C[C@H](O)C(F)(F)F)cc1. The zero-order chi connectivity index (χ0) is 10.8. The van der Waals surface area contributed by atoms with Crippen LogP contribution >= 0.6 is 0 Å². The summed E-state index contributed by atoms with van der Waals surface area (Å²) in [4.78, 5) is 0. The second kappa shape index (κ2) is 4.00. The van der Waals surface area contributed by atoms with E-state index in [4.69, 9.17) is 5.11 Å². The average Bonchev–Trinajstić information content (AvgIpc) is 2.07. The normalized spacial score (nSPS) is 14.1. The first-order chi connectivity index (χ1) is 6.39. The molecular weight excluding hydrogens is 193 g/mol. The largest absolute Gasteiger partial charge is 0.414 e. The molecule has 14 heavy (non-hydrogen) atoms. The van der Waals surface area contributed by atoms with Crippen molar-refractivity contribution in [3.05, 3.63) is 35.4 Å². The lowest BCUT2D eigenvalue weighted by atomic mass is 10.1. The Hall–Kier alpha value is -1.03. The molecule has 1 atom stereocenters. The van der Waals surface area contributed by atoms with E-state index in [1.54, 1.807) is 24.3 Å². The molecule has 4 heteroatoms. The maximum Gasteiger partial charge on any atom is 0.414 e. The Kier molecular flexibility index (Phi) is 3.16. The molecule has 1 N–H and O–H groups in total. The van der Waals surface area contributed by atoms with Crippen LogP contribution in [0, 0.1) is 6.92 Å². The zero-order valence-electron chi connectivity index (χ0n) is 7.67. The van der Waals surface area contributed by atoms with Gasteiger partial charge in [0, 0.05) is 6.42 Å². The maximum atomic E-state index is 12.0. The molecule has 1 rings (SSSR count). The van der Waals surface area contributed by atoms with Crippen LogP contribution in [0.5, 0.6) is 0 Å². The fourth-order valence-electron chi connectivity index (χ4n) is 1.06. The fourth-order valence-corrected chi connectivity index (χ4v) is 1.06. The maximum absolute atomic E-state index is 12.0. The lowest BCUT2D eigenvalue weighted by molar-refractivity contribution is -0.203. The molecule has 0 aromatic heterocycles. The Balaban J connectivity index is 2.65. The second-order valence-corrected chi connectivity index (χ2v) is 3.25. The van der Waals surface area contributed by atoms with Crippen molar-refractivity contribution in [2.24, 2.45) is 0 Å². The Morgan fingerprint density at radius 1 is 1.21 bits per heavy atom. The van der Waals surface area contributed by atoms with Gasteiger partial charge in [-0.15, -0.1) is 0 Å². The number of benzene rings is 1. The van der Waals surface area contributed by atoms with Gasteiger partial charge in [-0.25, -0.2) is 0 Å². The lowest BCUT2D eigenvalue weighted by Gasteiger charge is -2.14. The summed E-state index contributed by atoms with van der Waals surface area (Å²) < 4.78 is 35.9. The van der Waals surface area contributed by atoms with Gasteiger partial charge < -0.3 is 5.11 Å². The quantitative estimate of drug-likeness (QED) is 0.784. The van der Waals surface area contributed by atoms with Crippen LogP contribution in [-0.4, -0.2) is 17.4 Å². The van der Waals surface area contributed by atoms with Crippen molar-refractivity contribution in [2.75, 3.05) is 0 Å². The van der Waals surface area contributed by atoms with Crippen molar-refractivity contribution in [1.29, 1.82) is 0 Å². The molecule has 0 aliphatic carbocycles. The molecule has 78 valence electrons. The van der Waals surface area contributed by atoms with E-state index < -0.39 is 12.3 Å². The molecular formula is C10H11F3O. The standard InChI is InChI=1S/C10H11F3O/c1-7-2-4-8(5-3-7)6-9(14)10(11,12)13/h2-5,9,14H,6H2,1H3/t9-/m0/s1. The number of aliphatic hydroxyl groups excluding tert-OH is 1. The summed E-state index contributed by atoms with van der Waals surface area (Å²) in [5.41, 5.74) is 1.47. The predicted octanol–water partition coefficient (Wildman–Crippen LogP) is 2.46. The lowest BCUT2D eigenvalue weighted by Crippen LogP contribution is -2.30. The second-order valence-electron chi connectivity index (χ2n) is 3.25. The first-order valence-electron chi connectivity index (χ1n) is 4.20. The van der Waals surface area contributed by atoms with Gasteiger partial charge in [0.25, 0.3) is 0 Å². The smallest absolute Gasteiger partial charge is 0.383 e. The highest BCUT2D eigenvalue weighted by Gasteiger charge is 2.37. The highest BCUT2D eigenvalue weighted by atomic mass is 19.4. The summed E-state index contributed by atoms with van der Waals surface area (Å²) in [6.45, 7) is 1.85. The molecule has 0 saturated carbocycles. The number of rotatable bonds is 2. The molecule has 0 aliphatic rings. The topological polar surface area (TPSA) is 20.2 Å². The fraction of sp³-hybridized carbons (Fsp3) is 0.400. The molecule has 0 spiro atoms. The number of aliphatic hydroxyl groups is 1. The highest BCUT2D eigenvalue weighted by molar-refractivity contribution is 5.21. The summed E-state index contributed by atoms with van der Waals surface area (Å²) in [5.74, 6) is 0. The van der Waals surface area contributed by atoms with Crippen LogP contribution in [0.2, 0.25) is 0 Å². The summed E-state index contributed by atoms with van der Waals surface area (Å²) >= 11 is 0. The summed E-state index contributed by atoms with van der Waals surface area (Å²) in [6, 6.07) is 6.62. The van der Waals surface area contributed by atoms with E-state index in [0.717, 1.165) is 5.56 Å². The molecule has 1 nitrogen and oxygen atoms in total. The molecule has 1 aromatic carbocycles. The van der Waals surface area contributed by atoms with Crippen LogP contribution in [-0.2, 0) is 6.42 Å². The third-order valence-electron chi connectivity index (χ3n) is 1.93. The van der Waals surface area contributed by atoms with Gasteiger partial charge >= 0.3 is 6.18 Å². The molecule has 1 aromatic rings. The highest BCUT2D eigenvalue weighted by Crippen LogP contribution is 2.22. The molecule has 0 bridgehead atoms. The van der Waals surface area contributed by atoms with Gasteiger partial charge in [0.15, 0.2) is 6.10 Å². The average molecular weight is 204 g/mol. The third kappa shape index (κ3) is 3.03. The van der Waals surface area contributed by atoms with Crippen molar-refractivity contribution in [2.45, 2.75) is 25.6 Å². The molecule has 0 radical (unpaired) electrons. The molecule has 0 amide bonds. The van der Waals surface area contributed by atoms with Gasteiger partial charge in [0.2, 0.25) is 0 Å². The minimum absolute atomic E-state index is 0.385. The van der Waals surface area contributed by atoms with Crippen molar-refractivity contribution >= 4 is 0 Å². The van der Waals surface area contributed by atoms with E-state index in [9.17, 15) is 13.2 Å².